The lowest BCUT2D eigenvalue weighted by Crippen LogP contribution is -2.57. The van der Waals surface area contributed by atoms with Crippen molar-refractivity contribution in [1.29, 1.82) is 0 Å². The minimum Gasteiger partial charge on any atom is -0.489 e. The third-order valence-corrected chi connectivity index (χ3v) is 7.90. The molecule has 1 aromatic carbocycles. The molecular formula is C24H30N4O4. The Morgan fingerprint density at radius 2 is 1.88 bits per heavy atom. The molecule has 3 amide bonds. The van der Waals surface area contributed by atoms with E-state index in [9.17, 15) is 14.4 Å². The van der Waals surface area contributed by atoms with Crippen molar-refractivity contribution >= 4 is 23.4 Å². The number of hydrogen-bond acceptors (Lipinski definition) is 6. The fourth-order valence-corrected chi connectivity index (χ4v) is 6.21. The van der Waals surface area contributed by atoms with Gasteiger partial charge in [0, 0.05) is 44.7 Å². The van der Waals surface area contributed by atoms with Gasteiger partial charge in [0.15, 0.2) is 0 Å². The maximum Gasteiger partial charge on any atom is 0.255 e. The number of carbonyl (C=O) groups excluding carboxylic acids is 3. The Kier molecular flexibility index (Phi) is 4.86. The summed E-state index contributed by atoms with van der Waals surface area (Å²) in [5.74, 6) is 0.831. The number of piperazine rings is 1. The molecule has 4 heterocycles. The van der Waals surface area contributed by atoms with E-state index in [0.717, 1.165) is 42.6 Å². The fourth-order valence-electron chi connectivity index (χ4n) is 6.21. The predicted molar refractivity (Wildman–Crippen MR) is 118 cm³/mol. The SMILES string of the molecule is O=C1CC[C@H](N2Cc3cc4c(cc3C2=O)OC[C@@H]2CN(CC3CCCC3)CCN42)C(=O)N1. The van der Waals surface area contributed by atoms with Crippen LogP contribution in [0.3, 0.4) is 0 Å². The van der Waals surface area contributed by atoms with Gasteiger partial charge in [0.1, 0.15) is 18.4 Å². The van der Waals surface area contributed by atoms with E-state index in [1.54, 1.807) is 4.90 Å². The largest absolute Gasteiger partial charge is 0.489 e. The van der Waals surface area contributed by atoms with Gasteiger partial charge in [0.2, 0.25) is 11.8 Å². The molecule has 8 nitrogen and oxygen atoms in total. The van der Waals surface area contributed by atoms with Gasteiger partial charge in [-0.15, -0.1) is 0 Å². The summed E-state index contributed by atoms with van der Waals surface area (Å²) in [7, 11) is 0. The minimum absolute atomic E-state index is 0.149. The highest BCUT2D eigenvalue weighted by atomic mass is 16.5. The van der Waals surface area contributed by atoms with E-state index in [2.05, 4.69) is 21.2 Å². The van der Waals surface area contributed by atoms with Gasteiger partial charge in [-0.2, -0.15) is 0 Å². The smallest absolute Gasteiger partial charge is 0.255 e. The first-order chi connectivity index (χ1) is 15.6. The molecule has 0 bridgehead atoms. The van der Waals surface area contributed by atoms with E-state index in [4.69, 9.17) is 4.74 Å². The topological polar surface area (TPSA) is 82.2 Å². The third kappa shape index (κ3) is 3.36. The molecule has 5 aliphatic rings. The average Bonchev–Trinajstić information content (AvgIpc) is 3.40. The number of nitrogens with zero attached hydrogens (tertiary/aromatic N) is 3. The molecule has 0 aromatic heterocycles. The Labute approximate surface area is 187 Å². The van der Waals surface area contributed by atoms with Crippen LogP contribution in [-0.4, -0.2) is 72.4 Å². The molecule has 3 fully saturated rings. The van der Waals surface area contributed by atoms with Gasteiger partial charge in [-0.25, -0.2) is 0 Å². The Hall–Kier alpha value is -2.61. The van der Waals surface area contributed by atoms with Crippen LogP contribution in [0, 0.1) is 5.92 Å². The molecule has 8 heteroatoms. The molecule has 170 valence electrons. The Bertz CT molecular complexity index is 973. The highest BCUT2D eigenvalue weighted by Crippen LogP contribution is 2.41. The molecule has 2 saturated heterocycles. The number of anilines is 1. The van der Waals surface area contributed by atoms with Gasteiger partial charge in [0.05, 0.1) is 11.7 Å². The first kappa shape index (κ1) is 20.0. The van der Waals surface area contributed by atoms with Gasteiger partial charge < -0.3 is 14.5 Å². The summed E-state index contributed by atoms with van der Waals surface area (Å²) in [5, 5.41) is 2.37. The number of ether oxygens (including phenoxy) is 1. The van der Waals surface area contributed by atoms with Crippen LogP contribution in [0.5, 0.6) is 5.75 Å². The molecule has 1 saturated carbocycles. The summed E-state index contributed by atoms with van der Waals surface area (Å²) >= 11 is 0. The van der Waals surface area contributed by atoms with Gasteiger partial charge in [0.25, 0.3) is 5.91 Å². The van der Waals surface area contributed by atoms with E-state index >= 15 is 0 Å². The number of rotatable bonds is 3. The number of amides is 3. The van der Waals surface area contributed by atoms with E-state index < -0.39 is 6.04 Å². The molecule has 1 aliphatic carbocycles. The van der Waals surface area contributed by atoms with Crippen LogP contribution in [0.4, 0.5) is 5.69 Å². The van der Waals surface area contributed by atoms with Crippen molar-refractivity contribution < 1.29 is 19.1 Å². The van der Waals surface area contributed by atoms with E-state index in [1.165, 1.54) is 32.2 Å². The Morgan fingerprint density at radius 1 is 1.03 bits per heavy atom. The molecular weight excluding hydrogens is 408 g/mol. The first-order valence-corrected chi connectivity index (χ1v) is 12.0. The lowest BCUT2D eigenvalue weighted by molar-refractivity contribution is -0.136. The van der Waals surface area contributed by atoms with Crippen LogP contribution >= 0.6 is 0 Å². The standard InChI is InChI=1S/C24H30N4O4/c29-22-6-5-19(23(30)25-22)28-12-16-9-20-21(10-18(16)24(28)31)32-14-17-13-26(7-8-27(17)20)11-15-3-1-2-4-15/h9-10,15,17,19H,1-8,11-14H2,(H,25,29,30)/t17-,19-/m0/s1. The summed E-state index contributed by atoms with van der Waals surface area (Å²) < 4.78 is 6.14. The normalized spacial score (nSPS) is 28.3. The third-order valence-electron chi connectivity index (χ3n) is 7.90. The van der Waals surface area contributed by atoms with Crippen LogP contribution in [-0.2, 0) is 16.1 Å². The molecule has 1 N–H and O–H groups in total. The Balaban J connectivity index is 1.19. The summed E-state index contributed by atoms with van der Waals surface area (Å²) in [4.78, 5) is 43.6. The van der Waals surface area contributed by atoms with Crippen LogP contribution in [0.15, 0.2) is 12.1 Å². The number of nitrogens with one attached hydrogen (secondary N) is 1. The van der Waals surface area contributed by atoms with Crippen molar-refractivity contribution in [1.82, 2.24) is 15.1 Å². The molecule has 2 atom stereocenters. The zero-order chi connectivity index (χ0) is 21.8. The van der Waals surface area contributed by atoms with E-state index in [-0.39, 0.29) is 24.1 Å². The molecule has 1 aromatic rings. The van der Waals surface area contributed by atoms with E-state index in [0.29, 0.717) is 31.2 Å². The lowest BCUT2D eigenvalue weighted by atomic mass is 10.0. The van der Waals surface area contributed by atoms with Gasteiger partial charge in [-0.05, 0) is 42.9 Å². The summed E-state index contributed by atoms with van der Waals surface area (Å²) in [5.41, 5.74) is 2.63. The number of benzene rings is 1. The number of carbonyl (C=O) groups is 3. The number of hydrogen-bond donors (Lipinski definition) is 1. The Morgan fingerprint density at radius 3 is 2.69 bits per heavy atom. The maximum atomic E-state index is 13.1. The van der Waals surface area contributed by atoms with Gasteiger partial charge in [-0.1, -0.05) is 12.8 Å². The number of fused-ring (bicyclic) bond motifs is 4. The zero-order valence-corrected chi connectivity index (χ0v) is 18.3. The van der Waals surface area contributed by atoms with Crippen molar-refractivity contribution in [3.63, 3.8) is 0 Å². The molecule has 0 radical (unpaired) electrons. The van der Waals surface area contributed by atoms with Gasteiger partial charge in [-0.3, -0.25) is 24.6 Å². The lowest BCUT2D eigenvalue weighted by Gasteiger charge is -2.46. The monoisotopic (exact) mass is 438 g/mol. The second kappa shape index (κ2) is 7.76. The molecule has 32 heavy (non-hydrogen) atoms. The quantitative estimate of drug-likeness (QED) is 0.721. The molecule has 0 unspecified atom stereocenters. The van der Waals surface area contributed by atoms with Crippen LogP contribution in [0.2, 0.25) is 0 Å². The van der Waals surface area contributed by atoms with Crippen molar-refractivity contribution in [2.24, 2.45) is 5.92 Å². The summed E-state index contributed by atoms with van der Waals surface area (Å²) in [6.45, 7) is 5.30. The zero-order valence-electron chi connectivity index (χ0n) is 18.3. The second-order valence-electron chi connectivity index (χ2n) is 9.95. The molecule has 4 aliphatic heterocycles. The van der Waals surface area contributed by atoms with Crippen molar-refractivity contribution in [3.05, 3.63) is 23.3 Å². The minimum atomic E-state index is -0.586. The molecule has 6 rings (SSSR count). The van der Waals surface area contributed by atoms with Crippen molar-refractivity contribution in [2.45, 2.75) is 57.2 Å². The molecule has 0 spiro atoms. The van der Waals surface area contributed by atoms with Crippen molar-refractivity contribution in [2.75, 3.05) is 37.7 Å². The maximum absolute atomic E-state index is 13.1. The second-order valence-corrected chi connectivity index (χ2v) is 9.95. The van der Waals surface area contributed by atoms with Crippen molar-refractivity contribution in [3.8, 4) is 5.75 Å². The van der Waals surface area contributed by atoms with Gasteiger partial charge >= 0.3 is 0 Å². The number of piperidine rings is 1. The van der Waals surface area contributed by atoms with Crippen LogP contribution < -0.4 is 15.0 Å². The predicted octanol–water partition coefficient (Wildman–Crippen LogP) is 1.52. The van der Waals surface area contributed by atoms with Crippen LogP contribution in [0.25, 0.3) is 0 Å². The average molecular weight is 439 g/mol. The summed E-state index contributed by atoms with van der Waals surface area (Å²) in [6, 6.07) is 3.70. The fraction of sp³-hybridized carbons (Fsp3) is 0.625. The van der Waals surface area contributed by atoms with E-state index in [1.807, 2.05) is 6.07 Å². The summed E-state index contributed by atoms with van der Waals surface area (Å²) in [6.07, 6.45) is 6.14. The number of imide groups is 1. The highest BCUT2D eigenvalue weighted by molar-refractivity contribution is 6.05. The van der Waals surface area contributed by atoms with Crippen LogP contribution in [0.1, 0.15) is 54.4 Å². The highest BCUT2D eigenvalue weighted by Gasteiger charge is 2.41. The first-order valence-electron chi connectivity index (χ1n) is 12.0.